The second-order valence-corrected chi connectivity index (χ2v) is 8.82. The van der Waals surface area contributed by atoms with Gasteiger partial charge in [0.1, 0.15) is 0 Å². The highest BCUT2D eigenvalue weighted by Crippen LogP contribution is 2.24. The van der Waals surface area contributed by atoms with Gasteiger partial charge in [0, 0.05) is 34.5 Å². The lowest BCUT2D eigenvalue weighted by Crippen LogP contribution is -2.12. The first-order valence-electron chi connectivity index (χ1n) is 10.5. The van der Waals surface area contributed by atoms with Crippen molar-refractivity contribution in [3.8, 4) is 11.4 Å². The van der Waals surface area contributed by atoms with Gasteiger partial charge in [-0.25, -0.2) is 4.98 Å². The number of nitrogens with one attached hydrogen (secondary N) is 2. The number of fused-ring (bicyclic) bond motifs is 1. The Hall–Kier alpha value is -3.69. The molecule has 170 valence electrons. The van der Waals surface area contributed by atoms with Crippen LogP contribution in [0, 0.1) is 0 Å². The first-order valence-corrected chi connectivity index (χ1v) is 11.9. The Morgan fingerprint density at radius 3 is 2.74 bits per heavy atom. The predicted octanol–water partition coefficient (Wildman–Crippen LogP) is 5.52. The summed E-state index contributed by atoms with van der Waals surface area (Å²) in [6.07, 6.45) is 0.596. The maximum absolute atomic E-state index is 12.5. The van der Waals surface area contributed by atoms with E-state index in [1.54, 1.807) is 12.1 Å². The predicted molar refractivity (Wildman–Crippen MR) is 132 cm³/mol. The Bertz CT molecular complexity index is 1430. The van der Waals surface area contributed by atoms with E-state index in [0.717, 1.165) is 22.0 Å². The molecule has 5 aromatic rings. The number of anilines is 1. The minimum atomic E-state index is -0.110. The van der Waals surface area contributed by atoms with E-state index in [0.29, 0.717) is 39.9 Å². The second kappa shape index (κ2) is 10.1. The van der Waals surface area contributed by atoms with Gasteiger partial charge in [0.05, 0.1) is 5.75 Å². The molecule has 0 aliphatic heterocycles. The summed E-state index contributed by atoms with van der Waals surface area (Å²) in [5.41, 5.74) is 1.68. The number of rotatable bonds is 8. The summed E-state index contributed by atoms with van der Waals surface area (Å²) in [5, 5.41) is 17.4. The highest BCUT2D eigenvalue weighted by Gasteiger charge is 2.13. The summed E-state index contributed by atoms with van der Waals surface area (Å²) < 4.78 is 5.29. The fourth-order valence-corrected chi connectivity index (χ4v) is 4.16. The van der Waals surface area contributed by atoms with Gasteiger partial charge in [0.2, 0.25) is 17.0 Å². The Morgan fingerprint density at radius 2 is 1.85 bits per heavy atom. The standard InChI is InChI=1S/C24H19ClN6O2S/c25-17-10-8-16(9-11-17)23-28-24(30-29-23)34-14-20-27-22(33-31-20)13-12-21(32)26-19-7-3-5-15-4-1-2-6-18(15)19/h1-11H,12-14H2,(H,26,32)(H,28,29,30). The molecule has 2 heterocycles. The number of hydrogen-bond acceptors (Lipinski definition) is 7. The van der Waals surface area contributed by atoms with Crippen LogP contribution in [-0.2, 0) is 17.0 Å². The highest BCUT2D eigenvalue weighted by molar-refractivity contribution is 7.98. The largest absolute Gasteiger partial charge is 0.339 e. The van der Waals surface area contributed by atoms with Gasteiger partial charge in [-0.2, -0.15) is 4.98 Å². The number of carbonyl (C=O) groups excluding carboxylic acids is 1. The molecule has 2 aromatic heterocycles. The molecular formula is C24H19ClN6O2S. The Labute approximate surface area is 204 Å². The number of H-pyrrole nitrogens is 1. The topological polar surface area (TPSA) is 110 Å². The fourth-order valence-electron chi connectivity index (χ4n) is 3.39. The van der Waals surface area contributed by atoms with Crippen LogP contribution in [0.2, 0.25) is 5.02 Å². The number of amides is 1. The molecule has 3 aromatic carbocycles. The molecule has 0 radical (unpaired) electrons. The van der Waals surface area contributed by atoms with Crippen LogP contribution in [0.4, 0.5) is 5.69 Å². The van der Waals surface area contributed by atoms with Crippen molar-refractivity contribution < 1.29 is 9.32 Å². The number of aromatic nitrogens is 5. The number of carbonyl (C=O) groups is 1. The number of hydrogen-bond donors (Lipinski definition) is 2. The van der Waals surface area contributed by atoms with Crippen LogP contribution in [0.25, 0.3) is 22.2 Å². The van der Waals surface area contributed by atoms with E-state index in [1.165, 1.54) is 11.8 Å². The lowest BCUT2D eigenvalue weighted by molar-refractivity contribution is -0.116. The molecule has 0 bridgehead atoms. The van der Waals surface area contributed by atoms with Crippen molar-refractivity contribution in [1.29, 1.82) is 0 Å². The number of benzene rings is 3. The molecular weight excluding hydrogens is 472 g/mol. The quantitative estimate of drug-likeness (QED) is 0.275. The third-order valence-corrected chi connectivity index (χ3v) is 6.15. The first kappa shape index (κ1) is 22.1. The Kier molecular flexibility index (Phi) is 6.55. The average Bonchev–Trinajstić information content (AvgIpc) is 3.52. The van der Waals surface area contributed by atoms with Crippen LogP contribution < -0.4 is 5.32 Å². The normalized spacial score (nSPS) is 11.1. The van der Waals surface area contributed by atoms with Crippen LogP contribution in [0.1, 0.15) is 18.1 Å². The lowest BCUT2D eigenvalue weighted by Gasteiger charge is -2.08. The van der Waals surface area contributed by atoms with Gasteiger partial charge in [0.15, 0.2) is 11.6 Å². The van der Waals surface area contributed by atoms with Gasteiger partial charge in [-0.1, -0.05) is 64.9 Å². The summed E-state index contributed by atoms with van der Waals surface area (Å²) >= 11 is 7.31. The third kappa shape index (κ3) is 5.27. The van der Waals surface area contributed by atoms with Crippen LogP contribution in [0.3, 0.4) is 0 Å². The van der Waals surface area contributed by atoms with Gasteiger partial charge in [0.25, 0.3) is 0 Å². The van der Waals surface area contributed by atoms with E-state index >= 15 is 0 Å². The van der Waals surface area contributed by atoms with Crippen molar-refractivity contribution >= 4 is 45.7 Å². The first-order chi connectivity index (χ1) is 16.6. The maximum Gasteiger partial charge on any atom is 0.227 e. The monoisotopic (exact) mass is 490 g/mol. The van der Waals surface area contributed by atoms with Crippen molar-refractivity contribution in [2.45, 2.75) is 23.8 Å². The van der Waals surface area contributed by atoms with E-state index in [2.05, 4.69) is 30.6 Å². The molecule has 0 aliphatic carbocycles. The summed E-state index contributed by atoms with van der Waals surface area (Å²) in [4.78, 5) is 21.3. The molecule has 0 aliphatic rings. The minimum absolute atomic E-state index is 0.110. The molecule has 5 rings (SSSR count). The molecule has 0 saturated carbocycles. The van der Waals surface area contributed by atoms with Gasteiger partial charge in [-0.05, 0) is 35.7 Å². The number of thioether (sulfide) groups is 1. The van der Waals surface area contributed by atoms with Crippen LogP contribution in [-0.4, -0.2) is 31.2 Å². The second-order valence-electron chi connectivity index (χ2n) is 7.44. The highest BCUT2D eigenvalue weighted by atomic mass is 35.5. The van der Waals surface area contributed by atoms with E-state index < -0.39 is 0 Å². The molecule has 8 nitrogen and oxygen atoms in total. The van der Waals surface area contributed by atoms with Gasteiger partial charge in [-0.3, -0.25) is 9.89 Å². The Morgan fingerprint density at radius 1 is 1.03 bits per heavy atom. The summed E-state index contributed by atoms with van der Waals surface area (Å²) in [6, 6.07) is 21.1. The van der Waals surface area contributed by atoms with Gasteiger partial charge < -0.3 is 9.84 Å². The molecule has 10 heteroatoms. The van der Waals surface area contributed by atoms with Crippen molar-refractivity contribution in [3.63, 3.8) is 0 Å². The number of halogens is 1. The molecule has 1 amide bonds. The van der Waals surface area contributed by atoms with Crippen LogP contribution in [0.15, 0.2) is 76.4 Å². The van der Waals surface area contributed by atoms with E-state index in [-0.39, 0.29) is 12.3 Å². The maximum atomic E-state index is 12.5. The summed E-state index contributed by atoms with van der Waals surface area (Å²) in [6.45, 7) is 0. The number of nitrogens with zero attached hydrogens (tertiary/aromatic N) is 4. The molecule has 34 heavy (non-hydrogen) atoms. The Balaban J connectivity index is 1.13. The smallest absolute Gasteiger partial charge is 0.227 e. The number of aryl methyl sites for hydroxylation is 1. The zero-order valence-corrected chi connectivity index (χ0v) is 19.4. The third-order valence-electron chi connectivity index (χ3n) is 5.05. The minimum Gasteiger partial charge on any atom is -0.339 e. The lowest BCUT2D eigenvalue weighted by atomic mass is 10.1. The molecule has 0 spiro atoms. The molecule has 0 unspecified atom stereocenters. The van der Waals surface area contributed by atoms with Gasteiger partial charge in [-0.15, -0.1) is 5.10 Å². The van der Waals surface area contributed by atoms with Gasteiger partial charge >= 0.3 is 0 Å². The van der Waals surface area contributed by atoms with E-state index in [4.69, 9.17) is 16.1 Å². The van der Waals surface area contributed by atoms with E-state index in [9.17, 15) is 4.79 Å². The van der Waals surface area contributed by atoms with Crippen molar-refractivity contribution in [2.24, 2.45) is 0 Å². The zero-order valence-electron chi connectivity index (χ0n) is 17.9. The van der Waals surface area contributed by atoms with Crippen molar-refractivity contribution in [2.75, 3.05) is 5.32 Å². The van der Waals surface area contributed by atoms with Crippen LogP contribution >= 0.6 is 23.4 Å². The fraction of sp³-hybridized carbons (Fsp3) is 0.125. The van der Waals surface area contributed by atoms with Crippen molar-refractivity contribution in [1.82, 2.24) is 25.3 Å². The molecule has 0 fully saturated rings. The van der Waals surface area contributed by atoms with Crippen LogP contribution in [0.5, 0.6) is 0 Å². The average molecular weight is 491 g/mol. The zero-order chi connectivity index (χ0) is 23.3. The van der Waals surface area contributed by atoms with Crippen molar-refractivity contribution in [3.05, 3.63) is 83.5 Å². The van der Waals surface area contributed by atoms with E-state index in [1.807, 2.05) is 54.6 Å². The molecule has 2 N–H and O–H groups in total. The molecule has 0 atom stereocenters. The number of aromatic amines is 1. The summed E-state index contributed by atoms with van der Waals surface area (Å²) in [7, 11) is 0. The molecule has 0 saturated heterocycles. The SMILES string of the molecule is O=C(CCc1nc(CSc2n[nH]c(-c3ccc(Cl)cc3)n2)no1)Nc1cccc2ccccc12. The summed E-state index contributed by atoms with van der Waals surface area (Å²) in [5.74, 6) is 1.93.